The van der Waals surface area contributed by atoms with Crippen LogP contribution in [-0.2, 0) is 9.59 Å². The lowest BCUT2D eigenvalue weighted by Gasteiger charge is -2.54. The Morgan fingerprint density at radius 2 is 1.90 bits per heavy atom. The molecule has 4 N–H and O–H groups in total. The van der Waals surface area contributed by atoms with Crippen LogP contribution in [0.5, 0.6) is 0 Å². The molecule has 5 atom stereocenters. The number of amides is 2. The van der Waals surface area contributed by atoms with Crippen molar-refractivity contribution >= 4 is 11.8 Å². The van der Waals surface area contributed by atoms with Gasteiger partial charge in [-0.05, 0) is 77.8 Å². The molecule has 2 aliphatic carbocycles. The third-order valence-electron chi connectivity index (χ3n) is 7.02. The fraction of sp³-hybridized carbons (Fsp3) is 0.909. The van der Waals surface area contributed by atoms with Crippen LogP contribution in [0, 0.1) is 17.8 Å². The Morgan fingerprint density at radius 1 is 1.21 bits per heavy atom. The van der Waals surface area contributed by atoms with E-state index < -0.39 is 5.60 Å². The van der Waals surface area contributed by atoms with Crippen LogP contribution in [0.25, 0.3) is 0 Å². The summed E-state index contributed by atoms with van der Waals surface area (Å²) < 4.78 is 0. The summed E-state index contributed by atoms with van der Waals surface area (Å²) in [7, 11) is 0. The second kappa shape index (κ2) is 8.90. The second-order valence-corrected chi connectivity index (χ2v) is 10.2. The van der Waals surface area contributed by atoms with Gasteiger partial charge in [-0.25, -0.2) is 0 Å². The van der Waals surface area contributed by atoms with Gasteiger partial charge in [0, 0.05) is 32.0 Å². The Labute approximate surface area is 175 Å². The van der Waals surface area contributed by atoms with Crippen LogP contribution < -0.4 is 11.1 Å². The number of fused-ring (bicyclic) bond motifs is 1. The first kappa shape index (κ1) is 22.5. The van der Waals surface area contributed by atoms with Gasteiger partial charge in [0.15, 0.2) is 0 Å². The number of aliphatic hydroxyl groups is 1. The third kappa shape index (κ3) is 5.30. The third-order valence-corrected chi connectivity index (χ3v) is 7.02. The van der Waals surface area contributed by atoms with Gasteiger partial charge in [0.05, 0.1) is 17.7 Å². The molecule has 4 unspecified atom stereocenters. The number of nitrogens with zero attached hydrogens (tertiary/aromatic N) is 2. The van der Waals surface area contributed by atoms with Gasteiger partial charge in [0.2, 0.25) is 11.8 Å². The second-order valence-electron chi connectivity index (χ2n) is 10.2. The van der Waals surface area contributed by atoms with E-state index in [1.54, 1.807) is 20.8 Å². The smallest absolute Gasteiger partial charge is 0.226 e. The molecule has 0 radical (unpaired) electrons. The van der Waals surface area contributed by atoms with E-state index in [1.165, 1.54) is 0 Å². The SMILES string of the molecule is CC(=O)N1C2CCC(C(CN)CNCC(C)(C)O)CC2N(C(=O)C2CC2)C[C@@H]1C. The average molecular weight is 409 g/mol. The fourth-order valence-electron chi connectivity index (χ4n) is 5.45. The Hall–Kier alpha value is -1.18. The molecule has 29 heavy (non-hydrogen) atoms. The first-order valence-electron chi connectivity index (χ1n) is 11.3. The average Bonchev–Trinajstić information content (AvgIpc) is 3.47. The molecule has 3 fully saturated rings. The highest BCUT2D eigenvalue weighted by atomic mass is 16.3. The zero-order valence-electron chi connectivity index (χ0n) is 18.6. The quantitative estimate of drug-likeness (QED) is 0.582. The van der Waals surface area contributed by atoms with Crippen molar-refractivity contribution in [2.24, 2.45) is 23.5 Å². The Bertz CT molecular complexity index is 601. The minimum absolute atomic E-state index is 0.0757. The lowest BCUT2D eigenvalue weighted by molar-refractivity contribution is -0.155. The van der Waals surface area contributed by atoms with Crippen LogP contribution in [0.2, 0.25) is 0 Å². The molecule has 0 spiro atoms. The Balaban J connectivity index is 1.72. The monoisotopic (exact) mass is 408 g/mol. The molecule has 0 aromatic carbocycles. The molecule has 2 saturated carbocycles. The van der Waals surface area contributed by atoms with Gasteiger partial charge in [0.1, 0.15) is 0 Å². The van der Waals surface area contributed by atoms with Crippen molar-refractivity contribution in [2.45, 2.75) is 83.5 Å². The molecule has 1 aliphatic heterocycles. The first-order valence-corrected chi connectivity index (χ1v) is 11.3. The van der Waals surface area contributed by atoms with Gasteiger partial charge >= 0.3 is 0 Å². The van der Waals surface area contributed by atoms with Crippen LogP contribution in [0.1, 0.15) is 59.8 Å². The molecule has 7 nitrogen and oxygen atoms in total. The van der Waals surface area contributed by atoms with Crippen LogP contribution in [0.4, 0.5) is 0 Å². The summed E-state index contributed by atoms with van der Waals surface area (Å²) in [6.45, 7) is 9.85. The molecular weight excluding hydrogens is 368 g/mol. The van der Waals surface area contributed by atoms with Gasteiger partial charge in [-0.1, -0.05) is 0 Å². The lowest BCUT2D eigenvalue weighted by Crippen LogP contribution is -2.67. The van der Waals surface area contributed by atoms with Crippen LogP contribution in [0.15, 0.2) is 0 Å². The van der Waals surface area contributed by atoms with Gasteiger partial charge in [-0.2, -0.15) is 0 Å². The Kier molecular flexibility index (Phi) is 6.91. The highest BCUT2D eigenvalue weighted by molar-refractivity contribution is 5.82. The molecule has 2 amide bonds. The summed E-state index contributed by atoms with van der Waals surface area (Å²) in [5.41, 5.74) is 5.38. The first-order chi connectivity index (χ1) is 13.6. The van der Waals surface area contributed by atoms with Gasteiger partial charge in [-0.15, -0.1) is 0 Å². The lowest BCUT2D eigenvalue weighted by atomic mass is 9.73. The fourth-order valence-corrected chi connectivity index (χ4v) is 5.45. The summed E-state index contributed by atoms with van der Waals surface area (Å²) in [4.78, 5) is 29.5. The minimum atomic E-state index is -0.744. The van der Waals surface area contributed by atoms with E-state index in [1.807, 2.05) is 4.90 Å². The number of nitrogens with one attached hydrogen (secondary N) is 1. The number of hydrogen-bond donors (Lipinski definition) is 3. The van der Waals surface area contributed by atoms with Crippen LogP contribution in [-0.4, -0.2) is 76.6 Å². The highest BCUT2D eigenvalue weighted by Gasteiger charge is 2.49. The highest BCUT2D eigenvalue weighted by Crippen LogP contribution is 2.41. The van der Waals surface area contributed by atoms with E-state index >= 15 is 0 Å². The number of nitrogens with two attached hydrogens (primary N) is 1. The van der Waals surface area contributed by atoms with E-state index in [9.17, 15) is 14.7 Å². The molecule has 1 heterocycles. The number of carbonyl (C=O) groups is 2. The maximum atomic E-state index is 13.0. The van der Waals surface area contributed by atoms with E-state index in [-0.39, 0.29) is 30.0 Å². The van der Waals surface area contributed by atoms with E-state index in [2.05, 4.69) is 17.1 Å². The maximum Gasteiger partial charge on any atom is 0.226 e. The molecule has 1 saturated heterocycles. The molecule has 3 aliphatic rings. The van der Waals surface area contributed by atoms with E-state index in [0.29, 0.717) is 37.4 Å². The van der Waals surface area contributed by atoms with E-state index in [0.717, 1.165) is 38.6 Å². The summed E-state index contributed by atoms with van der Waals surface area (Å²) >= 11 is 0. The summed E-state index contributed by atoms with van der Waals surface area (Å²) in [6, 6.07) is 0.301. The maximum absolute atomic E-state index is 13.0. The van der Waals surface area contributed by atoms with Crippen molar-refractivity contribution < 1.29 is 14.7 Å². The minimum Gasteiger partial charge on any atom is -0.389 e. The molecule has 0 aromatic heterocycles. The molecule has 0 aromatic rings. The zero-order valence-corrected chi connectivity index (χ0v) is 18.6. The predicted molar refractivity (Wildman–Crippen MR) is 113 cm³/mol. The molecule has 166 valence electrons. The van der Waals surface area contributed by atoms with Crippen molar-refractivity contribution in [3.05, 3.63) is 0 Å². The Morgan fingerprint density at radius 3 is 2.45 bits per heavy atom. The van der Waals surface area contributed by atoms with Gasteiger partial charge < -0.3 is 26.0 Å². The standard InChI is InChI=1S/C22H40N4O3/c1-14-12-25(21(28)16-5-6-16)20-9-17(7-8-19(20)26(14)15(2)27)18(10-23)11-24-13-22(3,4)29/h14,16-20,24,29H,5-13,23H2,1-4H3/t14-,17?,18?,19?,20?/m0/s1. The normalized spacial score (nSPS) is 31.4. The molecule has 7 heteroatoms. The largest absolute Gasteiger partial charge is 0.389 e. The zero-order chi connectivity index (χ0) is 21.3. The molecular formula is C22H40N4O3. The number of hydrogen-bond acceptors (Lipinski definition) is 5. The number of piperazine rings is 1. The topological polar surface area (TPSA) is 98.9 Å². The van der Waals surface area contributed by atoms with E-state index in [4.69, 9.17) is 5.73 Å². The van der Waals surface area contributed by atoms with Crippen molar-refractivity contribution in [1.82, 2.24) is 15.1 Å². The van der Waals surface area contributed by atoms with Crippen molar-refractivity contribution in [3.63, 3.8) is 0 Å². The molecule has 0 bridgehead atoms. The predicted octanol–water partition coefficient (Wildman–Crippen LogP) is 0.948. The van der Waals surface area contributed by atoms with Crippen molar-refractivity contribution in [3.8, 4) is 0 Å². The van der Waals surface area contributed by atoms with Gasteiger partial charge in [0.25, 0.3) is 0 Å². The van der Waals surface area contributed by atoms with Gasteiger partial charge in [-0.3, -0.25) is 9.59 Å². The summed E-state index contributed by atoms with van der Waals surface area (Å²) in [5, 5.41) is 13.3. The van der Waals surface area contributed by atoms with Crippen LogP contribution in [0.3, 0.4) is 0 Å². The number of rotatable bonds is 7. The number of carbonyl (C=O) groups excluding carboxylic acids is 2. The van der Waals surface area contributed by atoms with Crippen molar-refractivity contribution in [2.75, 3.05) is 26.2 Å². The molecule has 3 rings (SSSR count). The summed E-state index contributed by atoms with van der Waals surface area (Å²) in [5.74, 6) is 1.34. The van der Waals surface area contributed by atoms with Crippen molar-refractivity contribution in [1.29, 1.82) is 0 Å². The van der Waals surface area contributed by atoms with Crippen LogP contribution >= 0.6 is 0 Å². The summed E-state index contributed by atoms with van der Waals surface area (Å²) in [6.07, 6.45) is 4.87.